The molecular weight excluding hydrogens is 358 g/mol. The molecule has 2 aromatic rings. The Morgan fingerprint density at radius 1 is 1.14 bits per heavy atom. The Kier molecular flexibility index (Phi) is 6.13. The molecule has 1 saturated heterocycles. The van der Waals surface area contributed by atoms with E-state index in [2.05, 4.69) is 4.90 Å². The zero-order valence-corrected chi connectivity index (χ0v) is 16.3. The van der Waals surface area contributed by atoms with Crippen molar-refractivity contribution in [2.24, 2.45) is 0 Å². The van der Waals surface area contributed by atoms with Gasteiger partial charge in [0.05, 0.1) is 11.5 Å². The van der Waals surface area contributed by atoms with Crippen molar-refractivity contribution >= 4 is 17.3 Å². The number of nitro groups is 1. The van der Waals surface area contributed by atoms with E-state index in [9.17, 15) is 14.9 Å². The molecule has 1 heterocycles. The van der Waals surface area contributed by atoms with Gasteiger partial charge in [0, 0.05) is 49.6 Å². The number of nitrogens with zero attached hydrogens (tertiary/aromatic N) is 3. The molecule has 1 fully saturated rings. The molecule has 0 saturated carbocycles. The van der Waals surface area contributed by atoms with Crippen molar-refractivity contribution in [3.05, 3.63) is 63.7 Å². The lowest BCUT2D eigenvalue weighted by atomic mass is 10.1. The third-order valence-corrected chi connectivity index (χ3v) is 4.85. The van der Waals surface area contributed by atoms with Gasteiger partial charge in [0.25, 0.3) is 5.91 Å². The second-order valence-corrected chi connectivity index (χ2v) is 6.84. The SMILES string of the molecule is CCOc1cc(N2CCCN(C(=O)c3cccc(C)c3)CC2)ccc1[N+](=O)[O-]. The van der Waals surface area contributed by atoms with E-state index in [1.165, 1.54) is 6.07 Å². The average Bonchev–Trinajstić information content (AvgIpc) is 2.93. The number of aryl methyl sites for hydroxylation is 1. The number of rotatable bonds is 5. The lowest BCUT2D eigenvalue weighted by Gasteiger charge is -2.24. The number of carbonyl (C=O) groups excluding carboxylic acids is 1. The Morgan fingerprint density at radius 3 is 2.68 bits per heavy atom. The van der Waals surface area contributed by atoms with Gasteiger partial charge in [0.15, 0.2) is 5.75 Å². The molecule has 1 amide bonds. The minimum Gasteiger partial charge on any atom is -0.487 e. The maximum absolute atomic E-state index is 12.8. The monoisotopic (exact) mass is 383 g/mol. The molecule has 7 heteroatoms. The predicted molar refractivity (Wildman–Crippen MR) is 108 cm³/mol. The molecule has 28 heavy (non-hydrogen) atoms. The lowest BCUT2D eigenvalue weighted by molar-refractivity contribution is -0.385. The van der Waals surface area contributed by atoms with Crippen molar-refractivity contribution in [1.29, 1.82) is 0 Å². The second kappa shape index (κ2) is 8.73. The number of ether oxygens (including phenoxy) is 1. The highest BCUT2D eigenvalue weighted by Crippen LogP contribution is 2.32. The van der Waals surface area contributed by atoms with Gasteiger partial charge >= 0.3 is 5.69 Å². The highest BCUT2D eigenvalue weighted by Gasteiger charge is 2.22. The van der Waals surface area contributed by atoms with Gasteiger partial charge in [0.2, 0.25) is 0 Å². The van der Waals surface area contributed by atoms with Gasteiger partial charge in [-0.3, -0.25) is 14.9 Å². The van der Waals surface area contributed by atoms with Gasteiger partial charge in [-0.05, 0) is 38.5 Å². The van der Waals surface area contributed by atoms with Crippen molar-refractivity contribution in [1.82, 2.24) is 4.90 Å². The molecule has 7 nitrogen and oxygen atoms in total. The molecule has 0 atom stereocenters. The van der Waals surface area contributed by atoms with E-state index >= 15 is 0 Å². The van der Waals surface area contributed by atoms with Crippen molar-refractivity contribution in [3.8, 4) is 5.75 Å². The molecule has 0 aromatic heterocycles. The summed E-state index contributed by atoms with van der Waals surface area (Å²) in [6.45, 7) is 6.88. The van der Waals surface area contributed by atoms with Crippen LogP contribution in [0.1, 0.15) is 29.3 Å². The van der Waals surface area contributed by atoms with Crippen LogP contribution in [-0.2, 0) is 0 Å². The average molecular weight is 383 g/mol. The summed E-state index contributed by atoms with van der Waals surface area (Å²) >= 11 is 0. The first-order chi connectivity index (χ1) is 13.5. The van der Waals surface area contributed by atoms with E-state index in [-0.39, 0.29) is 17.3 Å². The summed E-state index contributed by atoms with van der Waals surface area (Å²) in [7, 11) is 0. The summed E-state index contributed by atoms with van der Waals surface area (Å²) < 4.78 is 5.46. The van der Waals surface area contributed by atoms with Crippen LogP contribution in [0.2, 0.25) is 0 Å². The number of hydrogen-bond acceptors (Lipinski definition) is 5. The van der Waals surface area contributed by atoms with Crippen molar-refractivity contribution in [2.75, 3.05) is 37.7 Å². The molecule has 1 aliphatic rings. The summed E-state index contributed by atoms with van der Waals surface area (Å²) in [4.78, 5) is 27.6. The van der Waals surface area contributed by atoms with Crippen LogP contribution >= 0.6 is 0 Å². The van der Waals surface area contributed by atoms with Crippen LogP contribution < -0.4 is 9.64 Å². The van der Waals surface area contributed by atoms with Crippen LogP contribution in [0.3, 0.4) is 0 Å². The molecule has 0 bridgehead atoms. The first-order valence-electron chi connectivity index (χ1n) is 9.51. The molecular formula is C21H25N3O4. The maximum atomic E-state index is 12.8. The second-order valence-electron chi connectivity index (χ2n) is 6.84. The van der Waals surface area contributed by atoms with Crippen LogP contribution in [0.25, 0.3) is 0 Å². The summed E-state index contributed by atoms with van der Waals surface area (Å²) in [6, 6.07) is 12.6. The van der Waals surface area contributed by atoms with Gasteiger partial charge in [-0.25, -0.2) is 0 Å². The molecule has 3 rings (SSSR count). The first-order valence-corrected chi connectivity index (χ1v) is 9.51. The zero-order valence-electron chi connectivity index (χ0n) is 16.3. The molecule has 0 N–H and O–H groups in total. The van der Waals surface area contributed by atoms with E-state index in [4.69, 9.17) is 4.74 Å². The number of nitro benzene ring substituents is 1. The summed E-state index contributed by atoms with van der Waals surface area (Å²) in [5.41, 5.74) is 2.62. The van der Waals surface area contributed by atoms with E-state index < -0.39 is 4.92 Å². The Morgan fingerprint density at radius 2 is 1.96 bits per heavy atom. The van der Waals surface area contributed by atoms with Gasteiger partial charge in [-0.1, -0.05) is 17.7 Å². The molecule has 148 valence electrons. The first kappa shape index (κ1) is 19.7. The summed E-state index contributed by atoms with van der Waals surface area (Å²) in [5, 5.41) is 11.2. The van der Waals surface area contributed by atoms with E-state index in [1.807, 2.05) is 36.1 Å². The van der Waals surface area contributed by atoms with Crippen LogP contribution in [0, 0.1) is 17.0 Å². The molecule has 0 spiro atoms. The van der Waals surface area contributed by atoms with E-state index in [0.29, 0.717) is 31.8 Å². The fourth-order valence-electron chi connectivity index (χ4n) is 3.46. The molecule has 1 aliphatic heterocycles. The van der Waals surface area contributed by atoms with Crippen molar-refractivity contribution < 1.29 is 14.5 Å². The number of benzene rings is 2. The van der Waals surface area contributed by atoms with Crippen LogP contribution in [0.15, 0.2) is 42.5 Å². The fraction of sp³-hybridized carbons (Fsp3) is 0.381. The highest BCUT2D eigenvalue weighted by molar-refractivity contribution is 5.94. The van der Waals surface area contributed by atoms with Gasteiger partial charge in [-0.15, -0.1) is 0 Å². The normalized spacial score (nSPS) is 14.5. The number of carbonyl (C=O) groups is 1. The number of anilines is 1. The highest BCUT2D eigenvalue weighted by atomic mass is 16.6. The Bertz CT molecular complexity index is 868. The molecule has 0 aliphatic carbocycles. The topological polar surface area (TPSA) is 75.9 Å². The number of amides is 1. The van der Waals surface area contributed by atoms with Gasteiger partial charge < -0.3 is 14.5 Å². The minimum absolute atomic E-state index is 0.0309. The Balaban J connectivity index is 1.74. The fourth-order valence-corrected chi connectivity index (χ4v) is 3.46. The summed E-state index contributed by atoms with van der Waals surface area (Å²) in [6.07, 6.45) is 0.832. The van der Waals surface area contributed by atoms with Gasteiger partial charge in [-0.2, -0.15) is 0 Å². The third kappa shape index (κ3) is 4.42. The third-order valence-electron chi connectivity index (χ3n) is 4.85. The van der Waals surface area contributed by atoms with Gasteiger partial charge in [0.1, 0.15) is 0 Å². The minimum atomic E-state index is -0.431. The zero-order chi connectivity index (χ0) is 20.1. The van der Waals surface area contributed by atoms with Crippen LogP contribution in [-0.4, -0.2) is 48.5 Å². The number of hydrogen-bond donors (Lipinski definition) is 0. The van der Waals surface area contributed by atoms with Crippen molar-refractivity contribution in [3.63, 3.8) is 0 Å². The van der Waals surface area contributed by atoms with E-state index in [1.54, 1.807) is 19.1 Å². The smallest absolute Gasteiger partial charge is 0.311 e. The Hall–Kier alpha value is -3.09. The standard InChI is InChI=1S/C21H25N3O4/c1-3-28-20-15-18(8-9-19(20)24(26)27)22-10-5-11-23(13-12-22)21(25)17-7-4-6-16(2)14-17/h4,6-9,14-15H,3,5,10-13H2,1-2H3. The summed E-state index contributed by atoms with van der Waals surface area (Å²) in [5.74, 6) is 0.325. The lowest BCUT2D eigenvalue weighted by Crippen LogP contribution is -2.35. The largest absolute Gasteiger partial charge is 0.487 e. The van der Waals surface area contributed by atoms with Crippen LogP contribution in [0.4, 0.5) is 11.4 Å². The molecule has 2 aromatic carbocycles. The molecule has 0 radical (unpaired) electrons. The predicted octanol–water partition coefficient (Wildman–Crippen LogP) is 3.65. The van der Waals surface area contributed by atoms with Crippen molar-refractivity contribution in [2.45, 2.75) is 20.3 Å². The Labute approximate surface area is 164 Å². The molecule has 0 unspecified atom stereocenters. The van der Waals surface area contributed by atoms with Crippen LogP contribution in [0.5, 0.6) is 5.75 Å². The van der Waals surface area contributed by atoms with E-state index in [0.717, 1.165) is 24.2 Å². The maximum Gasteiger partial charge on any atom is 0.311 e. The quantitative estimate of drug-likeness (QED) is 0.582.